The lowest BCUT2D eigenvalue weighted by molar-refractivity contribution is -0.155. The van der Waals surface area contributed by atoms with Gasteiger partial charge in [-0.05, 0) is 38.7 Å². The van der Waals surface area contributed by atoms with E-state index in [0.717, 1.165) is 37.6 Å². The van der Waals surface area contributed by atoms with Crippen molar-refractivity contribution in [3.63, 3.8) is 0 Å². The van der Waals surface area contributed by atoms with Gasteiger partial charge in [0.2, 0.25) is 11.8 Å². The summed E-state index contributed by atoms with van der Waals surface area (Å²) in [7, 11) is 0. The molecule has 148 valence electrons. The topological polar surface area (TPSA) is 75.5 Å². The number of hydrogen-bond acceptors (Lipinski definition) is 4. The van der Waals surface area contributed by atoms with Crippen molar-refractivity contribution in [1.82, 2.24) is 19.6 Å². The van der Waals surface area contributed by atoms with E-state index in [1.165, 1.54) is 4.68 Å². The number of fused-ring (bicyclic) bond motifs is 2. The van der Waals surface area contributed by atoms with E-state index in [4.69, 9.17) is 0 Å². The number of carbonyl (C=O) groups excluding carboxylic acids is 2. The lowest BCUT2D eigenvalue weighted by Gasteiger charge is -2.56. The van der Waals surface area contributed by atoms with Crippen LogP contribution in [-0.4, -0.2) is 56.1 Å². The van der Waals surface area contributed by atoms with E-state index in [1.54, 1.807) is 19.2 Å². The summed E-state index contributed by atoms with van der Waals surface area (Å²) in [6.07, 6.45) is 5.14. The summed E-state index contributed by atoms with van der Waals surface area (Å²) >= 11 is 0. The third-order valence-corrected chi connectivity index (χ3v) is 6.40. The number of likely N-dealkylation sites (tertiary alicyclic amines) is 2. The molecule has 1 aromatic carbocycles. The predicted molar refractivity (Wildman–Crippen MR) is 106 cm³/mol. The predicted octanol–water partition coefficient (Wildman–Crippen LogP) is 1.79. The molecule has 0 unspecified atom stereocenters. The quantitative estimate of drug-likeness (QED) is 0.794. The second-order valence-corrected chi connectivity index (χ2v) is 8.07. The minimum Gasteiger partial charge on any atom is -0.336 e. The molecule has 3 heterocycles. The molecule has 2 aromatic rings. The number of piperidine rings is 2. The van der Waals surface area contributed by atoms with E-state index in [1.807, 2.05) is 28.0 Å². The van der Waals surface area contributed by atoms with Crippen molar-refractivity contribution in [2.75, 3.05) is 13.1 Å². The third kappa shape index (κ3) is 2.99. The van der Waals surface area contributed by atoms with Crippen LogP contribution in [0.15, 0.2) is 35.3 Å². The number of amides is 2. The SMILES string of the molecule is CC(=O)N1CCC[C@@H]2N(C(=O)Cn3ncc4ccccc4c3=O)CCC[C@@]21C. The van der Waals surface area contributed by atoms with E-state index in [-0.39, 0.29) is 35.5 Å². The summed E-state index contributed by atoms with van der Waals surface area (Å²) < 4.78 is 1.25. The summed E-state index contributed by atoms with van der Waals surface area (Å²) in [6.45, 7) is 5.03. The zero-order valence-corrected chi connectivity index (χ0v) is 16.4. The van der Waals surface area contributed by atoms with Crippen molar-refractivity contribution in [3.8, 4) is 0 Å². The number of rotatable bonds is 2. The highest BCUT2D eigenvalue weighted by atomic mass is 16.2. The molecule has 0 saturated carbocycles. The average molecular weight is 382 g/mol. The average Bonchev–Trinajstić information content (AvgIpc) is 2.68. The van der Waals surface area contributed by atoms with Crippen molar-refractivity contribution in [2.24, 2.45) is 0 Å². The number of benzene rings is 1. The number of nitrogens with zero attached hydrogens (tertiary/aromatic N) is 4. The Morgan fingerprint density at radius 1 is 1.21 bits per heavy atom. The van der Waals surface area contributed by atoms with Gasteiger partial charge in [0, 0.05) is 25.4 Å². The van der Waals surface area contributed by atoms with Gasteiger partial charge in [-0.2, -0.15) is 5.10 Å². The van der Waals surface area contributed by atoms with E-state index >= 15 is 0 Å². The molecular weight excluding hydrogens is 356 g/mol. The summed E-state index contributed by atoms with van der Waals surface area (Å²) in [5.74, 6) is -0.0416. The molecule has 0 spiro atoms. The highest BCUT2D eigenvalue weighted by Crippen LogP contribution is 2.39. The normalized spacial score (nSPS) is 24.9. The Labute approximate surface area is 163 Å². The maximum atomic E-state index is 13.2. The minimum atomic E-state index is -0.334. The van der Waals surface area contributed by atoms with Gasteiger partial charge in [0.25, 0.3) is 5.56 Å². The van der Waals surface area contributed by atoms with Gasteiger partial charge < -0.3 is 9.80 Å². The van der Waals surface area contributed by atoms with Crippen molar-refractivity contribution in [3.05, 3.63) is 40.8 Å². The molecule has 7 nitrogen and oxygen atoms in total. The highest BCUT2D eigenvalue weighted by molar-refractivity contribution is 5.81. The Hall–Kier alpha value is -2.70. The standard InChI is InChI=1S/C21H26N4O3/c1-15(26)24-12-5-9-18-21(24,2)10-6-11-23(18)19(27)14-25-20(28)17-8-4-3-7-16(17)13-22-25/h3-4,7-8,13,18H,5-6,9-12,14H2,1-2H3/t18-,21-/m0/s1. The largest absolute Gasteiger partial charge is 0.336 e. The van der Waals surface area contributed by atoms with Crippen molar-refractivity contribution >= 4 is 22.6 Å². The van der Waals surface area contributed by atoms with Gasteiger partial charge in [-0.1, -0.05) is 18.2 Å². The second-order valence-electron chi connectivity index (χ2n) is 8.07. The lowest BCUT2D eigenvalue weighted by atomic mass is 9.76. The van der Waals surface area contributed by atoms with Crippen LogP contribution in [0, 0.1) is 0 Å². The van der Waals surface area contributed by atoms with Crippen LogP contribution in [-0.2, 0) is 16.1 Å². The Balaban J connectivity index is 1.61. The van der Waals surface area contributed by atoms with Crippen LogP contribution in [0.5, 0.6) is 0 Å². The van der Waals surface area contributed by atoms with Crippen LogP contribution in [0.1, 0.15) is 39.5 Å². The molecule has 2 saturated heterocycles. The summed E-state index contributed by atoms with van der Waals surface area (Å²) in [5.41, 5.74) is -0.583. The van der Waals surface area contributed by atoms with Crippen LogP contribution in [0.2, 0.25) is 0 Å². The molecule has 2 amide bonds. The fourth-order valence-electron chi connectivity index (χ4n) is 5.02. The van der Waals surface area contributed by atoms with Gasteiger partial charge in [0.05, 0.1) is 23.2 Å². The summed E-state index contributed by atoms with van der Waals surface area (Å²) in [5, 5.41) is 5.53. The first-order chi connectivity index (χ1) is 13.4. The molecule has 0 radical (unpaired) electrons. The van der Waals surface area contributed by atoms with E-state index < -0.39 is 0 Å². The molecule has 0 aliphatic carbocycles. The number of hydrogen-bond donors (Lipinski definition) is 0. The summed E-state index contributed by atoms with van der Waals surface area (Å²) in [4.78, 5) is 41.8. The Morgan fingerprint density at radius 3 is 2.79 bits per heavy atom. The van der Waals surface area contributed by atoms with Crippen LogP contribution in [0.3, 0.4) is 0 Å². The van der Waals surface area contributed by atoms with Gasteiger partial charge in [-0.15, -0.1) is 0 Å². The summed E-state index contributed by atoms with van der Waals surface area (Å²) in [6, 6.07) is 7.25. The molecule has 0 bridgehead atoms. The van der Waals surface area contributed by atoms with Gasteiger partial charge in [-0.3, -0.25) is 14.4 Å². The van der Waals surface area contributed by atoms with E-state index in [9.17, 15) is 14.4 Å². The van der Waals surface area contributed by atoms with Gasteiger partial charge in [0.15, 0.2) is 0 Å². The second kappa shape index (κ2) is 7.04. The lowest BCUT2D eigenvalue weighted by Crippen LogP contribution is -2.68. The number of aromatic nitrogens is 2. The van der Waals surface area contributed by atoms with Gasteiger partial charge in [-0.25, -0.2) is 4.68 Å². The molecular formula is C21H26N4O3. The maximum Gasteiger partial charge on any atom is 0.275 e. The number of carbonyl (C=O) groups is 2. The first kappa shape index (κ1) is 18.7. The van der Waals surface area contributed by atoms with Crippen LogP contribution in [0.25, 0.3) is 10.8 Å². The molecule has 2 aliphatic rings. The minimum absolute atomic E-state index is 0.0115. The smallest absolute Gasteiger partial charge is 0.275 e. The fraction of sp³-hybridized carbons (Fsp3) is 0.524. The molecule has 28 heavy (non-hydrogen) atoms. The zero-order valence-electron chi connectivity index (χ0n) is 16.4. The van der Waals surface area contributed by atoms with Crippen molar-refractivity contribution < 1.29 is 9.59 Å². The molecule has 2 fully saturated rings. The Bertz CT molecular complexity index is 985. The maximum absolute atomic E-state index is 13.2. The first-order valence-electron chi connectivity index (χ1n) is 9.94. The molecule has 7 heteroatoms. The highest BCUT2D eigenvalue weighted by Gasteiger charge is 2.49. The molecule has 0 N–H and O–H groups in total. The van der Waals surface area contributed by atoms with Crippen LogP contribution < -0.4 is 5.56 Å². The first-order valence-corrected chi connectivity index (χ1v) is 9.94. The molecule has 4 rings (SSSR count). The van der Waals surface area contributed by atoms with Gasteiger partial charge in [0.1, 0.15) is 6.54 Å². The molecule has 2 aliphatic heterocycles. The monoisotopic (exact) mass is 382 g/mol. The zero-order chi connectivity index (χ0) is 19.9. The van der Waals surface area contributed by atoms with E-state index in [2.05, 4.69) is 12.0 Å². The Kier molecular flexibility index (Phi) is 4.69. The van der Waals surface area contributed by atoms with Crippen LogP contribution >= 0.6 is 0 Å². The third-order valence-electron chi connectivity index (χ3n) is 6.40. The Morgan fingerprint density at radius 2 is 2.00 bits per heavy atom. The van der Waals surface area contributed by atoms with Crippen molar-refractivity contribution in [1.29, 1.82) is 0 Å². The van der Waals surface area contributed by atoms with Crippen LogP contribution in [0.4, 0.5) is 0 Å². The fourth-order valence-corrected chi connectivity index (χ4v) is 5.02. The molecule has 1 aromatic heterocycles. The van der Waals surface area contributed by atoms with Gasteiger partial charge >= 0.3 is 0 Å². The molecule has 2 atom stereocenters. The van der Waals surface area contributed by atoms with E-state index in [0.29, 0.717) is 11.9 Å². The van der Waals surface area contributed by atoms with Crippen molar-refractivity contribution in [2.45, 2.75) is 57.7 Å².